The summed E-state index contributed by atoms with van der Waals surface area (Å²) in [5.41, 5.74) is 1.77. The van der Waals surface area contributed by atoms with Crippen LogP contribution in [0.4, 0.5) is 0 Å². The Hall–Kier alpha value is -2.84. The monoisotopic (exact) mass is 440 g/mol. The van der Waals surface area contributed by atoms with Crippen LogP contribution < -0.4 is 10.3 Å². The Morgan fingerprint density at radius 3 is 2.87 bits per heavy atom. The van der Waals surface area contributed by atoms with Crippen LogP contribution in [0.15, 0.2) is 52.4 Å². The molecule has 0 aliphatic carbocycles. The van der Waals surface area contributed by atoms with E-state index in [9.17, 15) is 9.59 Å². The van der Waals surface area contributed by atoms with Gasteiger partial charge in [-0.2, -0.15) is 0 Å². The first-order chi connectivity index (χ1) is 15.1. The van der Waals surface area contributed by atoms with Crippen LogP contribution in [-0.4, -0.2) is 42.5 Å². The highest BCUT2D eigenvalue weighted by atomic mass is 32.2. The van der Waals surface area contributed by atoms with E-state index in [1.54, 1.807) is 29.9 Å². The number of esters is 1. The van der Waals surface area contributed by atoms with Crippen molar-refractivity contribution in [3.8, 4) is 5.75 Å². The smallest absolute Gasteiger partial charge is 0.337 e. The van der Waals surface area contributed by atoms with Crippen molar-refractivity contribution in [2.75, 3.05) is 20.8 Å². The van der Waals surface area contributed by atoms with Gasteiger partial charge in [0.1, 0.15) is 5.75 Å². The third-order valence-corrected chi connectivity index (χ3v) is 6.30. The molecule has 0 spiro atoms. The van der Waals surface area contributed by atoms with E-state index in [-0.39, 0.29) is 11.7 Å². The first-order valence-corrected chi connectivity index (χ1v) is 11.1. The van der Waals surface area contributed by atoms with Crippen LogP contribution in [0.1, 0.15) is 28.8 Å². The molecule has 31 heavy (non-hydrogen) atoms. The van der Waals surface area contributed by atoms with Crippen molar-refractivity contribution in [2.45, 2.75) is 36.4 Å². The predicted octanol–water partition coefficient (Wildman–Crippen LogP) is 3.66. The number of nitrogens with zero attached hydrogens (tertiary/aromatic N) is 2. The Balaban J connectivity index is 1.72. The molecule has 1 atom stereocenters. The molecule has 0 radical (unpaired) electrons. The van der Waals surface area contributed by atoms with E-state index in [4.69, 9.17) is 19.2 Å². The minimum Gasteiger partial charge on any atom is -0.497 e. The first-order valence-electron chi connectivity index (χ1n) is 10.1. The van der Waals surface area contributed by atoms with Gasteiger partial charge in [-0.25, -0.2) is 9.78 Å². The van der Waals surface area contributed by atoms with Gasteiger partial charge < -0.3 is 14.2 Å². The van der Waals surface area contributed by atoms with Crippen LogP contribution in [-0.2, 0) is 21.8 Å². The number of ether oxygens (including phenoxy) is 3. The van der Waals surface area contributed by atoms with Gasteiger partial charge in [-0.1, -0.05) is 23.9 Å². The molecule has 0 N–H and O–H groups in total. The number of thioether (sulfide) groups is 1. The summed E-state index contributed by atoms with van der Waals surface area (Å²) in [5.74, 6) is 0.944. The van der Waals surface area contributed by atoms with Crippen molar-refractivity contribution >= 4 is 28.6 Å². The third kappa shape index (κ3) is 4.75. The molecular weight excluding hydrogens is 416 g/mol. The number of carbonyl (C=O) groups is 1. The molecule has 0 amide bonds. The molecular formula is C23H24N2O5S. The molecule has 0 bridgehead atoms. The second kappa shape index (κ2) is 9.53. The fourth-order valence-corrected chi connectivity index (χ4v) is 4.57. The molecule has 1 fully saturated rings. The molecule has 1 unspecified atom stereocenters. The number of rotatable bonds is 7. The predicted molar refractivity (Wildman–Crippen MR) is 119 cm³/mol. The van der Waals surface area contributed by atoms with Gasteiger partial charge in [0.05, 0.1) is 43.3 Å². The molecule has 7 nitrogen and oxygen atoms in total. The van der Waals surface area contributed by atoms with E-state index in [2.05, 4.69) is 0 Å². The highest BCUT2D eigenvalue weighted by Gasteiger charge is 2.21. The van der Waals surface area contributed by atoms with Crippen molar-refractivity contribution in [1.82, 2.24) is 9.55 Å². The number of methoxy groups -OCH3 is 2. The first kappa shape index (κ1) is 21.4. The molecule has 2 heterocycles. The number of benzene rings is 2. The van der Waals surface area contributed by atoms with Gasteiger partial charge in [0, 0.05) is 12.4 Å². The maximum absolute atomic E-state index is 13.3. The van der Waals surface area contributed by atoms with Crippen LogP contribution in [0, 0.1) is 0 Å². The molecule has 0 saturated carbocycles. The highest BCUT2D eigenvalue weighted by molar-refractivity contribution is 7.98. The fourth-order valence-electron chi connectivity index (χ4n) is 3.62. The number of hydrogen-bond donors (Lipinski definition) is 0. The van der Waals surface area contributed by atoms with Gasteiger partial charge >= 0.3 is 5.97 Å². The second-order valence-electron chi connectivity index (χ2n) is 7.31. The molecule has 162 valence electrons. The van der Waals surface area contributed by atoms with Crippen molar-refractivity contribution in [2.24, 2.45) is 0 Å². The molecule has 1 aliphatic heterocycles. The molecule has 1 aliphatic rings. The summed E-state index contributed by atoms with van der Waals surface area (Å²) in [5, 5.41) is 1.06. The number of fused-ring (bicyclic) bond motifs is 1. The zero-order valence-electron chi connectivity index (χ0n) is 17.5. The minimum absolute atomic E-state index is 0.00228. The molecule has 1 saturated heterocycles. The van der Waals surface area contributed by atoms with E-state index >= 15 is 0 Å². The van der Waals surface area contributed by atoms with E-state index in [1.165, 1.54) is 18.9 Å². The normalized spacial score (nSPS) is 15.9. The molecule has 1 aromatic heterocycles. The van der Waals surface area contributed by atoms with Crippen LogP contribution in [0.3, 0.4) is 0 Å². The quantitative estimate of drug-likeness (QED) is 0.315. The van der Waals surface area contributed by atoms with Gasteiger partial charge in [0.25, 0.3) is 5.56 Å². The summed E-state index contributed by atoms with van der Waals surface area (Å²) in [6, 6.07) is 12.6. The Labute approximate surface area is 184 Å². The number of hydrogen-bond acceptors (Lipinski definition) is 7. The lowest BCUT2D eigenvalue weighted by atomic mass is 10.1. The minimum atomic E-state index is -0.460. The zero-order chi connectivity index (χ0) is 21.8. The van der Waals surface area contributed by atoms with Gasteiger partial charge in [0.15, 0.2) is 5.16 Å². The summed E-state index contributed by atoms with van der Waals surface area (Å²) in [7, 11) is 2.96. The number of carbonyl (C=O) groups excluding carboxylic acids is 1. The van der Waals surface area contributed by atoms with E-state index in [0.29, 0.717) is 33.9 Å². The van der Waals surface area contributed by atoms with Crippen molar-refractivity contribution in [1.29, 1.82) is 0 Å². The van der Waals surface area contributed by atoms with Crippen LogP contribution in [0.25, 0.3) is 10.9 Å². The maximum atomic E-state index is 13.3. The fraction of sp³-hybridized carbons (Fsp3) is 0.348. The van der Waals surface area contributed by atoms with E-state index in [1.807, 2.05) is 24.3 Å². The molecule has 4 rings (SSSR count). The van der Waals surface area contributed by atoms with Gasteiger partial charge in [-0.05, 0) is 48.7 Å². The average molecular weight is 441 g/mol. The summed E-state index contributed by atoms with van der Waals surface area (Å²) < 4.78 is 17.6. The summed E-state index contributed by atoms with van der Waals surface area (Å²) >= 11 is 1.48. The van der Waals surface area contributed by atoms with Crippen LogP contribution in [0.2, 0.25) is 0 Å². The van der Waals surface area contributed by atoms with E-state index < -0.39 is 5.97 Å². The Bertz CT molecular complexity index is 1150. The summed E-state index contributed by atoms with van der Waals surface area (Å²) in [6.07, 6.45) is 1.92. The molecule has 3 aromatic rings. The van der Waals surface area contributed by atoms with Gasteiger partial charge in [0.2, 0.25) is 0 Å². The van der Waals surface area contributed by atoms with Crippen LogP contribution >= 0.6 is 11.8 Å². The Kier molecular flexibility index (Phi) is 6.58. The lowest BCUT2D eigenvalue weighted by Gasteiger charge is -2.17. The van der Waals surface area contributed by atoms with Gasteiger partial charge in [-0.15, -0.1) is 0 Å². The summed E-state index contributed by atoms with van der Waals surface area (Å²) in [4.78, 5) is 30.0. The van der Waals surface area contributed by atoms with Crippen molar-refractivity contribution in [3.05, 3.63) is 63.9 Å². The lowest BCUT2D eigenvalue weighted by molar-refractivity contribution is 0.0601. The van der Waals surface area contributed by atoms with Crippen LogP contribution in [0.5, 0.6) is 5.75 Å². The molecule has 8 heteroatoms. The number of aromatic nitrogens is 2. The molecule has 2 aromatic carbocycles. The average Bonchev–Trinajstić information content (AvgIpc) is 3.32. The largest absolute Gasteiger partial charge is 0.497 e. The lowest BCUT2D eigenvalue weighted by Crippen LogP contribution is -2.29. The zero-order valence-corrected chi connectivity index (χ0v) is 18.3. The standard InChI is InChI=1S/C23H24N2O5S/c1-28-17-6-3-5-15(11-17)14-31-23-24-20-12-16(22(27)29-2)8-9-19(20)21(26)25(23)13-18-7-4-10-30-18/h3,5-6,8-9,11-12,18H,4,7,10,13-14H2,1-2H3. The summed E-state index contributed by atoms with van der Waals surface area (Å²) in [6.45, 7) is 1.18. The topological polar surface area (TPSA) is 79.7 Å². The third-order valence-electron chi connectivity index (χ3n) is 5.25. The van der Waals surface area contributed by atoms with Gasteiger partial charge in [-0.3, -0.25) is 9.36 Å². The highest BCUT2D eigenvalue weighted by Crippen LogP contribution is 2.26. The second-order valence-corrected chi connectivity index (χ2v) is 8.25. The maximum Gasteiger partial charge on any atom is 0.337 e. The van der Waals surface area contributed by atoms with Crippen molar-refractivity contribution < 1.29 is 19.0 Å². The van der Waals surface area contributed by atoms with Crippen molar-refractivity contribution in [3.63, 3.8) is 0 Å². The van der Waals surface area contributed by atoms with E-state index in [0.717, 1.165) is 30.8 Å². The Morgan fingerprint density at radius 1 is 1.26 bits per heavy atom. The Morgan fingerprint density at radius 2 is 2.13 bits per heavy atom. The SMILES string of the molecule is COC(=O)c1ccc2c(=O)n(CC3CCCO3)c(SCc3cccc(OC)c3)nc2c1.